The van der Waals surface area contributed by atoms with Gasteiger partial charge in [-0.1, -0.05) is 42.5 Å². The third kappa shape index (κ3) is 2.32. The summed E-state index contributed by atoms with van der Waals surface area (Å²) in [6, 6.07) is 20.0. The predicted octanol–water partition coefficient (Wildman–Crippen LogP) is 3.39. The normalized spacial score (nSPS) is 14.9. The number of carbonyl (C=O) groups excluding carboxylic acids is 2. The number of benzene rings is 3. The molecule has 1 aliphatic heterocycles. The summed E-state index contributed by atoms with van der Waals surface area (Å²) in [5.74, 6) is -0.588. The van der Waals surface area contributed by atoms with Crippen molar-refractivity contribution in [3.05, 3.63) is 95.1 Å². The van der Waals surface area contributed by atoms with Crippen LogP contribution in [0.1, 0.15) is 34.0 Å². The van der Waals surface area contributed by atoms with E-state index < -0.39 is 11.4 Å². The molecule has 0 radical (unpaired) electrons. The molecule has 3 aromatic carbocycles. The standard InChI is InChI=1S/C22H17NO4/c1-14(24)23-21(27)19-4-2-3-5-20(19)22(23,15-6-10-17(25)11-7-15)16-8-12-18(26)13-9-16/h2-13,25-26H,1H3. The van der Waals surface area contributed by atoms with Crippen LogP contribution in [0.3, 0.4) is 0 Å². The molecule has 0 aliphatic carbocycles. The molecule has 5 nitrogen and oxygen atoms in total. The van der Waals surface area contributed by atoms with E-state index in [0.29, 0.717) is 22.3 Å². The van der Waals surface area contributed by atoms with Crippen LogP contribution in [0.5, 0.6) is 11.5 Å². The number of phenols is 2. The van der Waals surface area contributed by atoms with Crippen LogP contribution >= 0.6 is 0 Å². The van der Waals surface area contributed by atoms with Crippen molar-refractivity contribution < 1.29 is 19.8 Å². The van der Waals surface area contributed by atoms with Gasteiger partial charge >= 0.3 is 0 Å². The third-order valence-electron chi connectivity index (χ3n) is 4.97. The number of aromatic hydroxyl groups is 2. The van der Waals surface area contributed by atoms with E-state index in [9.17, 15) is 19.8 Å². The smallest absolute Gasteiger partial charge is 0.262 e. The zero-order valence-electron chi connectivity index (χ0n) is 14.6. The van der Waals surface area contributed by atoms with E-state index in [2.05, 4.69) is 0 Å². The first kappa shape index (κ1) is 16.8. The van der Waals surface area contributed by atoms with Crippen molar-refractivity contribution in [1.29, 1.82) is 0 Å². The van der Waals surface area contributed by atoms with E-state index in [1.807, 2.05) is 12.1 Å². The number of phenolic OH excluding ortho intramolecular Hbond substituents is 2. The molecule has 1 aliphatic rings. The molecule has 0 spiro atoms. The second-order valence-electron chi connectivity index (χ2n) is 6.51. The predicted molar refractivity (Wildman–Crippen MR) is 99.4 cm³/mol. The highest BCUT2D eigenvalue weighted by Crippen LogP contribution is 2.49. The first-order valence-electron chi connectivity index (χ1n) is 8.50. The molecule has 5 heteroatoms. The van der Waals surface area contributed by atoms with Crippen molar-refractivity contribution in [2.45, 2.75) is 12.5 Å². The minimum atomic E-state index is -1.18. The number of hydrogen-bond donors (Lipinski definition) is 2. The summed E-state index contributed by atoms with van der Waals surface area (Å²) in [6.45, 7) is 1.36. The lowest BCUT2D eigenvalue weighted by molar-refractivity contribution is -0.129. The molecule has 0 saturated carbocycles. The first-order valence-corrected chi connectivity index (χ1v) is 8.50. The molecule has 134 valence electrons. The maximum Gasteiger partial charge on any atom is 0.262 e. The van der Waals surface area contributed by atoms with Gasteiger partial charge in [0.15, 0.2) is 0 Å². The van der Waals surface area contributed by atoms with Crippen molar-refractivity contribution in [2.75, 3.05) is 0 Å². The van der Waals surface area contributed by atoms with Crippen molar-refractivity contribution in [2.24, 2.45) is 0 Å². The highest BCUT2D eigenvalue weighted by molar-refractivity contribution is 6.10. The van der Waals surface area contributed by atoms with Crippen LogP contribution in [-0.4, -0.2) is 26.9 Å². The van der Waals surface area contributed by atoms with E-state index in [-0.39, 0.29) is 17.4 Å². The Morgan fingerprint density at radius 2 is 1.30 bits per heavy atom. The Morgan fingerprint density at radius 3 is 1.78 bits per heavy atom. The van der Waals surface area contributed by atoms with E-state index in [0.717, 1.165) is 0 Å². The van der Waals surface area contributed by atoms with E-state index in [4.69, 9.17) is 0 Å². The molecule has 0 bridgehead atoms. The molecule has 0 unspecified atom stereocenters. The molecule has 1 heterocycles. The van der Waals surface area contributed by atoms with Crippen molar-refractivity contribution in [3.63, 3.8) is 0 Å². The van der Waals surface area contributed by atoms with Gasteiger partial charge in [-0.25, -0.2) is 0 Å². The van der Waals surface area contributed by atoms with Gasteiger partial charge in [-0.3, -0.25) is 14.5 Å². The fraction of sp³-hybridized carbons (Fsp3) is 0.0909. The number of nitrogens with zero attached hydrogens (tertiary/aromatic N) is 1. The maximum absolute atomic E-state index is 13.1. The molecule has 0 atom stereocenters. The van der Waals surface area contributed by atoms with Gasteiger partial charge in [0.1, 0.15) is 17.0 Å². The van der Waals surface area contributed by atoms with Gasteiger partial charge in [-0.2, -0.15) is 0 Å². The van der Waals surface area contributed by atoms with Crippen molar-refractivity contribution in [1.82, 2.24) is 4.90 Å². The van der Waals surface area contributed by atoms with Gasteiger partial charge in [0.05, 0.1) is 0 Å². The zero-order valence-corrected chi connectivity index (χ0v) is 14.6. The zero-order chi connectivity index (χ0) is 19.2. The summed E-state index contributed by atoms with van der Waals surface area (Å²) in [6.07, 6.45) is 0. The Morgan fingerprint density at radius 1 is 0.815 bits per heavy atom. The highest BCUT2D eigenvalue weighted by Gasteiger charge is 2.53. The number of hydrogen-bond acceptors (Lipinski definition) is 4. The molecule has 0 saturated heterocycles. The molecular weight excluding hydrogens is 342 g/mol. The van der Waals surface area contributed by atoms with Crippen LogP contribution in [0.15, 0.2) is 72.8 Å². The lowest BCUT2D eigenvalue weighted by Gasteiger charge is -2.38. The van der Waals surface area contributed by atoms with Crippen LogP contribution in [0.2, 0.25) is 0 Å². The van der Waals surface area contributed by atoms with E-state index >= 15 is 0 Å². The number of fused-ring (bicyclic) bond motifs is 1. The maximum atomic E-state index is 13.1. The number of carbonyl (C=O) groups is 2. The molecule has 4 rings (SSSR count). The monoisotopic (exact) mass is 359 g/mol. The van der Waals surface area contributed by atoms with Crippen LogP contribution in [0.25, 0.3) is 0 Å². The summed E-state index contributed by atoms with van der Waals surface area (Å²) >= 11 is 0. The van der Waals surface area contributed by atoms with Gasteiger partial charge in [-0.05, 0) is 47.0 Å². The fourth-order valence-electron chi connectivity index (χ4n) is 3.90. The summed E-state index contributed by atoms with van der Waals surface area (Å²) in [5.41, 5.74) is 1.29. The Balaban J connectivity index is 2.14. The van der Waals surface area contributed by atoms with E-state index in [1.165, 1.54) is 36.1 Å². The minimum absolute atomic E-state index is 0.0894. The summed E-state index contributed by atoms with van der Waals surface area (Å²) in [5, 5.41) is 19.5. The molecule has 27 heavy (non-hydrogen) atoms. The third-order valence-corrected chi connectivity index (χ3v) is 4.97. The quantitative estimate of drug-likeness (QED) is 0.735. The molecule has 2 amide bonds. The Bertz CT molecular complexity index is 993. The largest absolute Gasteiger partial charge is 0.508 e. The second kappa shape index (κ2) is 5.99. The Hall–Kier alpha value is -3.60. The average molecular weight is 359 g/mol. The number of imide groups is 1. The molecule has 0 aromatic heterocycles. The van der Waals surface area contributed by atoms with Gasteiger partial charge < -0.3 is 10.2 Å². The number of amides is 2. The Kier molecular flexibility index (Phi) is 3.73. The van der Waals surface area contributed by atoms with Gasteiger partial charge in [0.25, 0.3) is 5.91 Å². The van der Waals surface area contributed by atoms with Crippen molar-refractivity contribution in [3.8, 4) is 11.5 Å². The van der Waals surface area contributed by atoms with Gasteiger partial charge in [0, 0.05) is 12.5 Å². The molecule has 3 aromatic rings. The van der Waals surface area contributed by atoms with Crippen LogP contribution in [-0.2, 0) is 10.3 Å². The molecule has 0 fully saturated rings. The highest BCUT2D eigenvalue weighted by atomic mass is 16.3. The molecule has 2 N–H and O–H groups in total. The van der Waals surface area contributed by atoms with E-state index in [1.54, 1.807) is 36.4 Å². The summed E-state index contributed by atoms with van der Waals surface area (Å²) in [4.78, 5) is 27.0. The van der Waals surface area contributed by atoms with Crippen LogP contribution in [0, 0.1) is 0 Å². The SMILES string of the molecule is CC(=O)N1C(=O)c2ccccc2C1(c1ccc(O)cc1)c1ccc(O)cc1. The average Bonchev–Trinajstić information content (AvgIpc) is 2.93. The fourth-order valence-corrected chi connectivity index (χ4v) is 3.90. The summed E-state index contributed by atoms with van der Waals surface area (Å²) in [7, 11) is 0. The minimum Gasteiger partial charge on any atom is -0.508 e. The van der Waals surface area contributed by atoms with Crippen LogP contribution in [0.4, 0.5) is 0 Å². The summed E-state index contributed by atoms with van der Waals surface area (Å²) < 4.78 is 0. The lowest BCUT2D eigenvalue weighted by atomic mass is 9.77. The number of rotatable bonds is 2. The van der Waals surface area contributed by atoms with Crippen molar-refractivity contribution >= 4 is 11.8 Å². The van der Waals surface area contributed by atoms with Crippen LogP contribution < -0.4 is 0 Å². The Labute approximate surface area is 156 Å². The second-order valence-corrected chi connectivity index (χ2v) is 6.51. The molecular formula is C22H17NO4. The lowest BCUT2D eigenvalue weighted by Crippen LogP contribution is -2.48. The van der Waals surface area contributed by atoms with Gasteiger partial charge in [-0.15, -0.1) is 0 Å². The topological polar surface area (TPSA) is 77.8 Å². The first-order chi connectivity index (χ1) is 13.0. The van der Waals surface area contributed by atoms with Gasteiger partial charge in [0.2, 0.25) is 5.91 Å².